The normalized spacial score (nSPS) is 16.7. The molecule has 30 heavy (non-hydrogen) atoms. The quantitative estimate of drug-likeness (QED) is 0.546. The van der Waals surface area contributed by atoms with Crippen LogP contribution in [0.2, 0.25) is 5.02 Å². The number of fused-ring (bicyclic) bond motifs is 2. The molecule has 2 aliphatic rings. The van der Waals surface area contributed by atoms with Gasteiger partial charge in [-0.2, -0.15) is 0 Å². The van der Waals surface area contributed by atoms with Gasteiger partial charge >= 0.3 is 5.97 Å². The highest BCUT2D eigenvalue weighted by atomic mass is 35.5. The maximum absolute atomic E-state index is 13.0. The van der Waals surface area contributed by atoms with Crippen molar-refractivity contribution in [1.82, 2.24) is 0 Å². The molecule has 150 valence electrons. The van der Waals surface area contributed by atoms with Gasteiger partial charge in [0.15, 0.2) is 17.6 Å². The fraction of sp³-hybridized carbons (Fsp3) is 0.125. The molecule has 2 heterocycles. The maximum Gasteiger partial charge on any atom is 0.338 e. The lowest BCUT2D eigenvalue weighted by Gasteiger charge is -2.30. The molecule has 0 amide bonds. The van der Waals surface area contributed by atoms with Gasteiger partial charge in [0.1, 0.15) is 5.75 Å². The van der Waals surface area contributed by atoms with Gasteiger partial charge in [0, 0.05) is 21.7 Å². The van der Waals surface area contributed by atoms with Crippen LogP contribution in [0.25, 0.3) is 5.57 Å². The predicted octanol–water partition coefficient (Wildman–Crippen LogP) is 5.18. The summed E-state index contributed by atoms with van der Waals surface area (Å²) in [6.07, 6.45) is -0.674. The second kappa shape index (κ2) is 7.43. The van der Waals surface area contributed by atoms with Gasteiger partial charge in [0.25, 0.3) is 0 Å². The molecule has 3 aromatic rings. The first-order valence-corrected chi connectivity index (χ1v) is 9.77. The molecular weight excluding hydrogens is 404 g/mol. The lowest BCUT2D eigenvalue weighted by Crippen LogP contribution is -2.24. The number of esters is 1. The summed E-state index contributed by atoms with van der Waals surface area (Å²) in [5.41, 5.74) is 3.60. The van der Waals surface area contributed by atoms with Gasteiger partial charge in [0.2, 0.25) is 6.79 Å². The highest BCUT2D eigenvalue weighted by Crippen LogP contribution is 2.46. The summed E-state index contributed by atoms with van der Waals surface area (Å²) in [4.78, 5) is 13.0. The minimum atomic E-state index is -0.674. The highest BCUT2D eigenvalue weighted by Gasteiger charge is 2.36. The first-order chi connectivity index (χ1) is 14.7. The zero-order valence-electron chi connectivity index (χ0n) is 16.1. The molecule has 0 fully saturated rings. The third kappa shape index (κ3) is 3.08. The van der Waals surface area contributed by atoms with Gasteiger partial charge in [-0.3, -0.25) is 0 Å². The molecule has 0 bridgehead atoms. The molecule has 1 atom stereocenters. The predicted molar refractivity (Wildman–Crippen MR) is 112 cm³/mol. The topological polar surface area (TPSA) is 54.0 Å². The van der Waals surface area contributed by atoms with Gasteiger partial charge < -0.3 is 18.9 Å². The van der Waals surface area contributed by atoms with Gasteiger partial charge in [0.05, 0.1) is 12.7 Å². The van der Waals surface area contributed by atoms with Crippen molar-refractivity contribution in [3.05, 3.63) is 94.0 Å². The number of benzene rings is 3. The number of carbonyl (C=O) groups is 1. The Balaban J connectivity index is 1.76. The summed E-state index contributed by atoms with van der Waals surface area (Å²) in [6.45, 7) is 0.170. The van der Waals surface area contributed by atoms with Crippen LogP contribution in [0.15, 0.2) is 72.3 Å². The number of para-hydroxylation sites is 1. The Morgan fingerprint density at radius 3 is 2.53 bits per heavy atom. The van der Waals surface area contributed by atoms with Crippen LogP contribution in [0.1, 0.15) is 22.8 Å². The lowest BCUT2D eigenvalue weighted by atomic mass is 9.85. The lowest BCUT2D eigenvalue weighted by molar-refractivity contribution is -0.137. The number of carbonyl (C=O) groups excluding carboxylic acids is 1. The van der Waals surface area contributed by atoms with Crippen molar-refractivity contribution in [3.63, 3.8) is 0 Å². The van der Waals surface area contributed by atoms with E-state index in [1.165, 1.54) is 7.11 Å². The number of hydrogen-bond donors (Lipinski definition) is 0. The van der Waals surface area contributed by atoms with E-state index < -0.39 is 12.1 Å². The Hall–Kier alpha value is -3.44. The fourth-order valence-electron chi connectivity index (χ4n) is 3.80. The summed E-state index contributed by atoms with van der Waals surface area (Å²) >= 11 is 6.10. The van der Waals surface area contributed by atoms with Crippen LogP contribution in [-0.2, 0) is 9.53 Å². The van der Waals surface area contributed by atoms with E-state index in [0.29, 0.717) is 27.8 Å². The van der Waals surface area contributed by atoms with Crippen LogP contribution >= 0.6 is 11.6 Å². The summed E-state index contributed by atoms with van der Waals surface area (Å²) in [5, 5.41) is 0.617. The van der Waals surface area contributed by atoms with Crippen LogP contribution in [0, 0.1) is 0 Å². The number of halogens is 1. The molecule has 5 rings (SSSR count). The second-order valence-corrected chi connectivity index (χ2v) is 7.33. The minimum Gasteiger partial charge on any atom is -0.480 e. The number of hydrogen-bond acceptors (Lipinski definition) is 5. The van der Waals surface area contributed by atoms with Crippen LogP contribution in [0.4, 0.5) is 0 Å². The molecule has 0 radical (unpaired) electrons. The third-order valence-corrected chi connectivity index (χ3v) is 5.42. The molecule has 0 aromatic heterocycles. The number of methoxy groups -OCH3 is 1. The molecule has 2 aliphatic heterocycles. The average Bonchev–Trinajstić information content (AvgIpc) is 3.26. The zero-order chi connectivity index (χ0) is 20.7. The van der Waals surface area contributed by atoms with Crippen molar-refractivity contribution in [2.45, 2.75) is 6.10 Å². The van der Waals surface area contributed by atoms with E-state index in [9.17, 15) is 4.79 Å². The van der Waals surface area contributed by atoms with Crippen LogP contribution in [-0.4, -0.2) is 19.9 Å². The summed E-state index contributed by atoms with van der Waals surface area (Å²) < 4.78 is 22.4. The van der Waals surface area contributed by atoms with Crippen molar-refractivity contribution in [3.8, 4) is 17.2 Å². The van der Waals surface area contributed by atoms with Crippen LogP contribution < -0.4 is 14.2 Å². The van der Waals surface area contributed by atoms with E-state index >= 15 is 0 Å². The van der Waals surface area contributed by atoms with Gasteiger partial charge in [-0.25, -0.2) is 4.79 Å². The minimum absolute atomic E-state index is 0.170. The zero-order valence-corrected chi connectivity index (χ0v) is 16.8. The summed E-state index contributed by atoms with van der Waals surface area (Å²) in [6, 6.07) is 20.5. The van der Waals surface area contributed by atoms with E-state index in [2.05, 4.69) is 0 Å². The molecule has 0 saturated carbocycles. The van der Waals surface area contributed by atoms with Gasteiger partial charge in [-0.05, 0) is 35.9 Å². The Labute approximate surface area is 178 Å². The van der Waals surface area contributed by atoms with Crippen molar-refractivity contribution in [1.29, 1.82) is 0 Å². The largest absolute Gasteiger partial charge is 0.480 e. The van der Waals surface area contributed by atoms with E-state index in [-0.39, 0.29) is 6.79 Å². The van der Waals surface area contributed by atoms with E-state index in [1.807, 2.05) is 54.6 Å². The molecule has 3 aromatic carbocycles. The molecule has 0 aliphatic carbocycles. The van der Waals surface area contributed by atoms with Crippen molar-refractivity contribution in [2.24, 2.45) is 0 Å². The van der Waals surface area contributed by atoms with Crippen molar-refractivity contribution >= 4 is 23.1 Å². The van der Waals surface area contributed by atoms with Crippen LogP contribution in [0.3, 0.4) is 0 Å². The van der Waals surface area contributed by atoms with Gasteiger partial charge in [-0.15, -0.1) is 0 Å². The smallest absolute Gasteiger partial charge is 0.338 e. The highest BCUT2D eigenvalue weighted by molar-refractivity contribution is 6.30. The van der Waals surface area contributed by atoms with E-state index in [0.717, 1.165) is 22.3 Å². The summed E-state index contributed by atoms with van der Waals surface area (Å²) in [5.74, 6) is 1.50. The molecule has 0 spiro atoms. The van der Waals surface area contributed by atoms with Crippen LogP contribution in [0.5, 0.6) is 17.2 Å². The standard InChI is InChI=1S/C24H17ClO5/c1-27-24(26)22-21(14-6-9-16(25)10-7-14)17-4-2-3-5-18(17)30-23(22)15-8-11-19-20(12-15)29-13-28-19/h2-12,23H,13H2,1H3. The first-order valence-electron chi connectivity index (χ1n) is 9.40. The SMILES string of the molecule is COC(=O)C1=C(c2ccc(Cl)cc2)c2ccccc2OC1c1ccc2c(c1)OCO2. The average molecular weight is 421 g/mol. The molecule has 1 unspecified atom stereocenters. The fourth-order valence-corrected chi connectivity index (χ4v) is 3.92. The van der Waals surface area contributed by atoms with E-state index in [4.69, 9.17) is 30.5 Å². The third-order valence-electron chi connectivity index (χ3n) is 5.17. The number of rotatable bonds is 3. The number of ether oxygens (including phenoxy) is 4. The van der Waals surface area contributed by atoms with Gasteiger partial charge in [-0.1, -0.05) is 48.0 Å². The first kappa shape index (κ1) is 18.6. The maximum atomic E-state index is 13.0. The monoisotopic (exact) mass is 420 g/mol. The Bertz CT molecular complexity index is 1170. The Kier molecular flexibility index (Phi) is 4.60. The molecular formula is C24H17ClO5. The second-order valence-electron chi connectivity index (χ2n) is 6.89. The van der Waals surface area contributed by atoms with Crippen molar-refractivity contribution in [2.75, 3.05) is 13.9 Å². The molecule has 6 heteroatoms. The summed E-state index contributed by atoms with van der Waals surface area (Å²) in [7, 11) is 1.37. The Morgan fingerprint density at radius 2 is 1.73 bits per heavy atom. The molecule has 0 N–H and O–H groups in total. The van der Waals surface area contributed by atoms with E-state index in [1.54, 1.807) is 12.1 Å². The Morgan fingerprint density at radius 1 is 0.967 bits per heavy atom. The molecule has 5 nitrogen and oxygen atoms in total. The molecule has 0 saturated heterocycles. The van der Waals surface area contributed by atoms with Crippen molar-refractivity contribution < 1.29 is 23.7 Å².